The van der Waals surface area contributed by atoms with Gasteiger partial charge in [-0.2, -0.15) is 0 Å². The molecule has 3 rings (SSSR count). The van der Waals surface area contributed by atoms with E-state index in [-0.39, 0.29) is 17.7 Å². The minimum atomic E-state index is -2.87. The van der Waals surface area contributed by atoms with Crippen LogP contribution in [0.25, 0.3) is 0 Å². The fourth-order valence-electron chi connectivity index (χ4n) is 3.52. The largest absolute Gasteiger partial charge is 0.493 e. The summed E-state index contributed by atoms with van der Waals surface area (Å²) in [5, 5.41) is 0. The van der Waals surface area contributed by atoms with Crippen LogP contribution in [-0.2, 0) is 9.84 Å². The van der Waals surface area contributed by atoms with Crippen LogP contribution in [0.4, 0.5) is 0 Å². The Labute approximate surface area is 156 Å². The number of amides is 1. The summed E-state index contributed by atoms with van der Waals surface area (Å²) in [6.07, 6.45) is 0.714. The van der Waals surface area contributed by atoms with Gasteiger partial charge in [0.2, 0.25) is 0 Å². The number of nitrogens with zero attached hydrogens (tertiary/aromatic N) is 2. The molecule has 0 aliphatic carbocycles. The van der Waals surface area contributed by atoms with Crippen LogP contribution in [0.5, 0.6) is 5.75 Å². The van der Waals surface area contributed by atoms with Crippen LogP contribution in [0.2, 0.25) is 0 Å². The highest BCUT2D eigenvalue weighted by Gasteiger charge is 2.34. The molecule has 26 heavy (non-hydrogen) atoms. The van der Waals surface area contributed by atoms with Crippen molar-refractivity contribution in [2.45, 2.75) is 26.3 Å². The molecule has 1 amide bonds. The number of piperazine rings is 1. The predicted octanol–water partition coefficient (Wildman–Crippen LogP) is 1.67. The summed E-state index contributed by atoms with van der Waals surface area (Å²) in [6, 6.07) is 7.46. The number of carbonyl (C=O) groups is 1. The molecule has 0 spiro atoms. The first-order valence-corrected chi connectivity index (χ1v) is 11.1. The van der Waals surface area contributed by atoms with Gasteiger partial charge in [-0.15, -0.1) is 0 Å². The first-order chi connectivity index (χ1) is 12.3. The van der Waals surface area contributed by atoms with Gasteiger partial charge in [0.15, 0.2) is 9.84 Å². The summed E-state index contributed by atoms with van der Waals surface area (Å²) >= 11 is 0. The van der Waals surface area contributed by atoms with Gasteiger partial charge in [-0.3, -0.25) is 9.69 Å². The first kappa shape index (κ1) is 19.2. The molecule has 144 valence electrons. The smallest absolute Gasteiger partial charge is 0.254 e. The van der Waals surface area contributed by atoms with Crippen molar-refractivity contribution in [1.29, 1.82) is 0 Å². The maximum absolute atomic E-state index is 12.8. The fourth-order valence-corrected chi connectivity index (χ4v) is 5.28. The average molecular weight is 381 g/mol. The molecule has 2 aliphatic rings. The topological polar surface area (TPSA) is 66.9 Å². The lowest BCUT2D eigenvalue weighted by Crippen LogP contribution is -2.52. The molecule has 7 heteroatoms. The molecule has 2 fully saturated rings. The Balaban J connectivity index is 1.56. The summed E-state index contributed by atoms with van der Waals surface area (Å²) in [6.45, 7) is 7.53. The second kappa shape index (κ2) is 7.96. The van der Waals surface area contributed by atoms with E-state index in [2.05, 4.69) is 18.7 Å². The minimum absolute atomic E-state index is 0.0127. The molecule has 0 saturated carbocycles. The number of benzene rings is 1. The number of hydrogen-bond acceptors (Lipinski definition) is 5. The first-order valence-electron chi connectivity index (χ1n) is 9.31. The second-order valence-corrected chi connectivity index (χ2v) is 9.85. The molecule has 1 unspecified atom stereocenters. The second-order valence-electron chi connectivity index (χ2n) is 7.62. The molecule has 1 aromatic carbocycles. The van der Waals surface area contributed by atoms with E-state index >= 15 is 0 Å². The van der Waals surface area contributed by atoms with Crippen molar-refractivity contribution in [3.8, 4) is 5.75 Å². The van der Waals surface area contributed by atoms with Crippen LogP contribution < -0.4 is 4.74 Å². The standard InChI is InChI=1S/C19H28N2O4S/c1-15(2)13-25-18-5-3-4-16(12-18)19(22)21-9-7-20(8-10-21)17-6-11-26(23,24)14-17/h3-5,12,15,17H,6-11,13-14H2,1-2H3. The van der Waals surface area contributed by atoms with Gasteiger partial charge in [0.05, 0.1) is 18.1 Å². The maximum atomic E-state index is 12.8. The zero-order valence-corrected chi connectivity index (χ0v) is 16.4. The Hall–Kier alpha value is -1.60. The van der Waals surface area contributed by atoms with Gasteiger partial charge in [0, 0.05) is 37.8 Å². The predicted molar refractivity (Wildman–Crippen MR) is 101 cm³/mol. The number of ether oxygens (including phenoxy) is 1. The zero-order chi connectivity index (χ0) is 18.7. The summed E-state index contributed by atoms with van der Waals surface area (Å²) in [5.41, 5.74) is 0.642. The highest BCUT2D eigenvalue weighted by atomic mass is 32.2. The Kier molecular flexibility index (Phi) is 5.87. The van der Waals surface area contributed by atoms with Crippen molar-refractivity contribution in [1.82, 2.24) is 9.80 Å². The van der Waals surface area contributed by atoms with Crippen molar-refractivity contribution in [2.75, 3.05) is 44.3 Å². The van der Waals surface area contributed by atoms with Crippen LogP contribution >= 0.6 is 0 Å². The lowest BCUT2D eigenvalue weighted by atomic mass is 10.1. The third kappa shape index (κ3) is 4.76. The Morgan fingerprint density at radius 2 is 1.96 bits per heavy atom. The molecule has 1 atom stereocenters. The highest BCUT2D eigenvalue weighted by Crippen LogP contribution is 2.21. The molecule has 2 aliphatic heterocycles. The molecule has 0 radical (unpaired) electrons. The van der Waals surface area contributed by atoms with Crippen molar-refractivity contribution >= 4 is 15.7 Å². The van der Waals surface area contributed by atoms with Crippen molar-refractivity contribution in [3.05, 3.63) is 29.8 Å². The van der Waals surface area contributed by atoms with Gasteiger partial charge in [0.25, 0.3) is 5.91 Å². The molecule has 0 N–H and O–H groups in total. The third-order valence-electron chi connectivity index (χ3n) is 4.99. The lowest BCUT2D eigenvalue weighted by Gasteiger charge is -2.37. The summed E-state index contributed by atoms with van der Waals surface area (Å²) in [4.78, 5) is 16.8. The van der Waals surface area contributed by atoms with Crippen molar-refractivity contribution < 1.29 is 17.9 Å². The van der Waals surface area contributed by atoms with E-state index in [9.17, 15) is 13.2 Å². The van der Waals surface area contributed by atoms with Crippen LogP contribution in [-0.4, -0.2) is 74.5 Å². The highest BCUT2D eigenvalue weighted by molar-refractivity contribution is 7.91. The number of carbonyl (C=O) groups excluding carboxylic acids is 1. The van der Waals surface area contributed by atoms with Gasteiger partial charge in [-0.1, -0.05) is 19.9 Å². The van der Waals surface area contributed by atoms with E-state index in [4.69, 9.17) is 4.74 Å². The van der Waals surface area contributed by atoms with Gasteiger partial charge in [-0.05, 0) is 30.5 Å². The van der Waals surface area contributed by atoms with Crippen LogP contribution in [0.15, 0.2) is 24.3 Å². The van der Waals surface area contributed by atoms with Crippen LogP contribution in [0.3, 0.4) is 0 Å². The maximum Gasteiger partial charge on any atom is 0.254 e. The van der Waals surface area contributed by atoms with Gasteiger partial charge >= 0.3 is 0 Å². The molecule has 2 heterocycles. The Bertz CT molecular complexity index is 740. The molecule has 0 aromatic heterocycles. The number of sulfone groups is 1. The van der Waals surface area contributed by atoms with E-state index in [1.54, 1.807) is 6.07 Å². The van der Waals surface area contributed by atoms with E-state index < -0.39 is 9.84 Å². The van der Waals surface area contributed by atoms with E-state index in [1.165, 1.54) is 0 Å². The quantitative estimate of drug-likeness (QED) is 0.777. The summed E-state index contributed by atoms with van der Waals surface area (Å²) < 4.78 is 29.0. The fraction of sp³-hybridized carbons (Fsp3) is 0.632. The number of rotatable bonds is 5. The van der Waals surface area contributed by atoms with Gasteiger partial charge in [-0.25, -0.2) is 8.42 Å². The third-order valence-corrected chi connectivity index (χ3v) is 6.74. The van der Waals surface area contributed by atoms with E-state index in [0.29, 0.717) is 43.4 Å². The normalized spacial score (nSPS) is 23.3. The number of hydrogen-bond donors (Lipinski definition) is 0. The van der Waals surface area contributed by atoms with Gasteiger partial charge in [0.1, 0.15) is 5.75 Å². The Morgan fingerprint density at radius 3 is 2.58 bits per heavy atom. The monoisotopic (exact) mass is 380 g/mol. The van der Waals surface area contributed by atoms with E-state index in [1.807, 2.05) is 23.1 Å². The molecule has 1 aromatic rings. The zero-order valence-electron chi connectivity index (χ0n) is 15.6. The minimum Gasteiger partial charge on any atom is -0.493 e. The SMILES string of the molecule is CC(C)COc1cccc(C(=O)N2CCN(C3CCS(=O)(=O)C3)CC2)c1. The van der Waals surface area contributed by atoms with E-state index in [0.717, 1.165) is 18.8 Å². The van der Waals surface area contributed by atoms with Crippen molar-refractivity contribution in [2.24, 2.45) is 5.92 Å². The molecule has 6 nitrogen and oxygen atoms in total. The summed E-state index contributed by atoms with van der Waals surface area (Å²) in [5.74, 6) is 1.72. The van der Waals surface area contributed by atoms with Crippen LogP contribution in [0, 0.1) is 5.92 Å². The average Bonchev–Trinajstić information content (AvgIpc) is 2.99. The molecular weight excluding hydrogens is 352 g/mol. The molecule has 2 saturated heterocycles. The molecule has 0 bridgehead atoms. The Morgan fingerprint density at radius 1 is 1.23 bits per heavy atom. The summed E-state index contributed by atoms with van der Waals surface area (Å²) in [7, 11) is -2.87. The van der Waals surface area contributed by atoms with Crippen LogP contribution in [0.1, 0.15) is 30.6 Å². The van der Waals surface area contributed by atoms with Gasteiger partial charge < -0.3 is 9.64 Å². The lowest BCUT2D eigenvalue weighted by molar-refractivity contribution is 0.0587. The van der Waals surface area contributed by atoms with Crippen molar-refractivity contribution in [3.63, 3.8) is 0 Å². The molecular formula is C19H28N2O4S.